The Morgan fingerprint density at radius 3 is 2.29 bits per heavy atom. The molecule has 8 heteroatoms. The Kier molecular flexibility index (Phi) is 7.45. The third-order valence-electron chi connectivity index (χ3n) is 6.56. The molecule has 0 spiro atoms. The number of rotatable bonds is 6. The standard InChI is InChI=1S/C26H31FN4O3/c1-18(32)29-22-10-11-24(23(16-22)25(33)28-17-19-6-8-21(27)9-7-19)30-12-14-31(15-13-30)26(34)20-4-2-3-5-20/h6-11,16,20H,2-5,12-15,17H2,1H3,(H,28,33)(H,29,32). The SMILES string of the molecule is CC(=O)Nc1ccc(N2CCN(C(=O)C3CCCC3)CC2)c(C(=O)NCc2ccc(F)cc2)c1. The lowest BCUT2D eigenvalue weighted by Crippen LogP contribution is -2.50. The second kappa shape index (κ2) is 10.7. The number of hydrogen-bond donors (Lipinski definition) is 2. The van der Waals surface area contributed by atoms with Gasteiger partial charge in [-0.25, -0.2) is 4.39 Å². The molecule has 2 aromatic carbocycles. The van der Waals surface area contributed by atoms with Gasteiger partial charge >= 0.3 is 0 Å². The van der Waals surface area contributed by atoms with Crippen LogP contribution in [0.3, 0.4) is 0 Å². The van der Waals surface area contributed by atoms with E-state index in [0.29, 0.717) is 37.4 Å². The first-order valence-electron chi connectivity index (χ1n) is 11.9. The fraction of sp³-hybridized carbons (Fsp3) is 0.423. The third-order valence-corrected chi connectivity index (χ3v) is 6.56. The molecule has 2 N–H and O–H groups in total. The Hall–Kier alpha value is -3.42. The number of halogens is 1. The number of nitrogens with one attached hydrogen (secondary N) is 2. The molecular weight excluding hydrogens is 435 g/mol. The molecule has 0 aromatic heterocycles. The van der Waals surface area contributed by atoms with Crippen molar-refractivity contribution in [3.8, 4) is 0 Å². The van der Waals surface area contributed by atoms with Crippen LogP contribution in [0.5, 0.6) is 0 Å². The molecular formula is C26H31FN4O3. The first-order valence-corrected chi connectivity index (χ1v) is 11.9. The lowest BCUT2D eigenvalue weighted by Gasteiger charge is -2.38. The van der Waals surface area contributed by atoms with Crippen molar-refractivity contribution in [2.45, 2.75) is 39.2 Å². The minimum Gasteiger partial charge on any atom is -0.367 e. The summed E-state index contributed by atoms with van der Waals surface area (Å²) >= 11 is 0. The van der Waals surface area contributed by atoms with Crippen LogP contribution in [0.4, 0.5) is 15.8 Å². The molecule has 1 aliphatic carbocycles. The lowest BCUT2D eigenvalue weighted by atomic mass is 10.1. The predicted molar refractivity (Wildman–Crippen MR) is 129 cm³/mol. The van der Waals surface area contributed by atoms with Gasteiger partial charge in [0.05, 0.1) is 5.56 Å². The number of anilines is 2. The average molecular weight is 467 g/mol. The number of hydrogen-bond acceptors (Lipinski definition) is 4. The molecule has 2 aromatic rings. The Bertz CT molecular complexity index is 1040. The molecule has 0 unspecified atom stereocenters. The minimum atomic E-state index is -0.328. The molecule has 0 bridgehead atoms. The van der Waals surface area contributed by atoms with Crippen LogP contribution in [0.2, 0.25) is 0 Å². The second-order valence-corrected chi connectivity index (χ2v) is 9.02. The summed E-state index contributed by atoms with van der Waals surface area (Å²) in [7, 11) is 0. The first-order chi connectivity index (χ1) is 16.4. The second-order valence-electron chi connectivity index (χ2n) is 9.02. The fourth-order valence-corrected chi connectivity index (χ4v) is 4.75. The van der Waals surface area contributed by atoms with Crippen molar-refractivity contribution < 1.29 is 18.8 Å². The van der Waals surface area contributed by atoms with Gasteiger partial charge in [0.25, 0.3) is 5.91 Å². The van der Waals surface area contributed by atoms with Crippen LogP contribution in [-0.2, 0) is 16.1 Å². The zero-order valence-corrected chi connectivity index (χ0v) is 19.5. The largest absolute Gasteiger partial charge is 0.367 e. The summed E-state index contributed by atoms with van der Waals surface area (Å²) in [4.78, 5) is 41.5. The van der Waals surface area contributed by atoms with E-state index in [9.17, 15) is 18.8 Å². The van der Waals surface area contributed by atoms with Crippen LogP contribution in [0.1, 0.15) is 48.5 Å². The first kappa shape index (κ1) is 23.7. The third kappa shape index (κ3) is 5.73. The highest BCUT2D eigenvalue weighted by molar-refractivity contribution is 6.02. The monoisotopic (exact) mass is 466 g/mol. The van der Waals surface area contributed by atoms with Gasteiger partial charge in [-0.3, -0.25) is 14.4 Å². The van der Waals surface area contributed by atoms with Gasteiger partial charge in [0, 0.05) is 56.9 Å². The number of benzene rings is 2. The molecule has 0 radical (unpaired) electrons. The summed E-state index contributed by atoms with van der Waals surface area (Å²) in [5, 5.41) is 5.62. The van der Waals surface area contributed by atoms with E-state index in [1.54, 1.807) is 24.3 Å². The summed E-state index contributed by atoms with van der Waals surface area (Å²) in [6.07, 6.45) is 4.24. The molecule has 1 saturated heterocycles. The Morgan fingerprint density at radius 2 is 1.65 bits per heavy atom. The molecule has 1 aliphatic heterocycles. The molecule has 7 nitrogen and oxygen atoms in total. The lowest BCUT2D eigenvalue weighted by molar-refractivity contribution is -0.135. The number of amides is 3. The van der Waals surface area contributed by atoms with Crippen LogP contribution in [0.15, 0.2) is 42.5 Å². The van der Waals surface area contributed by atoms with Crippen molar-refractivity contribution in [1.82, 2.24) is 10.2 Å². The summed E-state index contributed by atoms with van der Waals surface area (Å²) in [6.45, 7) is 4.20. The highest BCUT2D eigenvalue weighted by Crippen LogP contribution is 2.29. The fourth-order valence-electron chi connectivity index (χ4n) is 4.75. The number of nitrogens with zero attached hydrogens (tertiary/aromatic N) is 2. The molecule has 180 valence electrons. The quantitative estimate of drug-likeness (QED) is 0.682. The smallest absolute Gasteiger partial charge is 0.253 e. The van der Waals surface area contributed by atoms with Crippen LogP contribution < -0.4 is 15.5 Å². The number of piperazine rings is 1. The van der Waals surface area contributed by atoms with Crippen LogP contribution in [-0.4, -0.2) is 48.8 Å². The molecule has 3 amide bonds. The highest BCUT2D eigenvalue weighted by atomic mass is 19.1. The normalized spacial score (nSPS) is 16.4. The van der Waals surface area contributed by atoms with E-state index in [1.165, 1.54) is 19.1 Å². The maximum atomic E-state index is 13.2. The van der Waals surface area contributed by atoms with E-state index < -0.39 is 0 Å². The number of carbonyl (C=O) groups is 3. The summed E-state index contributed by atoms with van der Waals surface area (Å²) < 4.78 is 13.2. The average Bonchev–Trinajstić information content (AvgIpc) is 3.38. The van der Waals surface area contributed by atoms with Crippen molar-refractivity contribution in [3.63, 3.8) is 0 Å². The van der Waals surface area contributed by atoms with Gasteiger partial charge in [-0.15, -0.1) is 0 Å². The van der Waals surface area contributed by atoms with Gasteiger partial charge < -0.3 is 20.4 Å². The zero-order valence-electron chi connectivity index (χ0n) is 19.5. The summed E-state index contributed by atoms with van der Waals surface area (Å²) in [5.74, 6) is -0.405. The van der Waals surface area contributed by atoms with Crippen molar-refractivity contribution in [2.24, 2.45) is 5.92 Å². The van der Waals surface area contributed by atoms with E-state index in [-0.39, 0.29) is 36.0 Å². The maximum absolute atomic E-state index is 13.2. The Morgan fingerprint density at radius 1 is 0.971 bits per heavy atom. The molecule has 0 atom stereocenters. The van der Waals surface area contributed by atoms with E-state index in [4.69, 9.17) is 0 Å². The van der Waals surface area contributed by atoms with Gasteiger partial charge in [-0.1, -0.05) is 25.0 Å². The summed E-state index contributed by atoms with van der Waals surface area (Å²) in [6, 6.07) is 11.3. The van der Waals surface area contributed by atoms with Crippen molar-refractivity contribution in [1.29, 1.82) is 0 Å². The number of carbonyl (C=O) groups excluding carboxylic acids is 3. The van der Waals surface area contributed by atoms with Crippen LogP contribution in [0, 0.1) is 11.7 Å². The van der Waals surface area contributed by atoms with Crippen molar-refractivity contribution in [2.75, 3.05) is 36.4 Å². The minimum absolute atomic E-state index is 0.163. The molecule has 4 rings (SSSR count). The highest BCUT2D eigenvalue weighted by Gasteiger charge is 2.30. The van der Waals surface area contributed by atoms with Gasteiger partial charge in [0.15, 0.2) is 0 Å². The van der Waals surface area contributed by atoms with Crippen LogP contribution in [0.25, 0.3) is 0 Å². The van der Waals surface area contributed by atoms with Gasteiger partial charge in [-0.05, 0) is 48.7 Å². The summed E-state index contributed by atoms with van der Waals surface area (Å²) in [5.41, 5.74) is 2.54. The maximum Gasteiger partial charge on any atom is 0.253 e. The molecule has 34 heavy (non-hydrogen) atoms. The molecule has 1 saturated carbocycles. The molecule has 2 aliphatic rings. The predicted octanol–water partition coefficient (Wildman–Crippen LogP) is 3.55. The Balaban J connectivity index is 1.47. The van der Waals surface area contributed by atoms with Crippen LogP contribution >= 0.6 is 0 Å². The van der Waals surface area contributed by atoms with E-state index in [0.717, 1.165) is 36.9 Å². The molecule has 2 fully saturated rings. The Labute approximate surface area is 199 Å². The van der Waals surface area contributed by atoms with E-state index >= 15 is 0 Å². The van der Waals surface area contributed by atoms with Crippen molar-refractivity contribution in [3.05, 3.63) is 59.4 Å². The van der Waals surface area contributed by atoms with Crippen molar-refractivity contribution >= 4 is 29.1 Å². The topological polar surface area (TPSA) is 81.8 Å². The zero-order chi connectivity index (χ0) is 24.1. The molecule has 1 heterocycles. The van der Waals surface area contributed by atoms with Gasteiger partial charge in [-0.2, -0.15) is 0 Å². The van der Waals surface area contributed by atoms with E-state index in [2.05, 4.69) is 15.5 Å². The van der Waals surface area contributed by atoms with E-state index in [1.807, 2.05) is 11.0 Å². The van der Waals surface area contributed by atoms with Gasteiger partial charge in [0.2, 0.25) is 11.8 Å². The van der Waals surface area contributed by atoms with Gasteiger partial charge in [0.1, 0.15) is 5.82 Å².